The highest BCUT2D eigenvalue weighted by Gasteiger charge is 2.30. The second-order valence-corrected chi connectivity index (χ2v) is 4.72. The summed E-state index contributed by atoms with van der Waals surface area (Å²) in [5, 5.41) is 8.65. The van der Waals surface area contributed by atoms with Crippen molar-refractivity contribution in [2.75, 3.05) is 0 Å². The molecule has 0 spiro atoms. The summed E-state index contributed by atoms with van der Waals surface area (Å²) in [6.07, 6.45) is -0.727. The fourth-order valence-electron chi connectivity index (χ4n) is 2.07. The van der Waals surface area contributed by atoms with E-state index in [1.807, 2.05) is 0 Å². The van der Waals surface area contributed by atoms with E-state index in [0.717, 1.165) is 18.2 Å². The Balaban J connectivity index is 2.52. The molecule has 0 heterocycles. The molecule has 0 saturated heterocycles. The van der Waals surface area contributed by atoms with Gasteiger partial charge in [-0.15, -0.1) is 0 Å². The third-order valence-electron chi connectivity index (χ3n) is 3.09. The van der Waals surface area contributed by atoms with Crippen molar-refractivity contribution < 1.29 is 23.1 Å². The molecule has 0 saturated carbocycles. The van der Waals surface area contributed by atoms with Crippen molar-refractivity contribution in [3.63, 3.8) is 0 Å². The summed E-state index contributed by atoms with van der Waals surface area (Å²) < 4.78 is 38.6. The Morgan fingerprint density at radius 3 is 2.22 bits per heavy atom. The summed E-state index contributed by atoms with van der Waals surface area (Å²) in [5.74, 6) is -1.13. The van der Waals surface area contributed by atoms with Crippen LogP contribution in [0.4, 0.5) is 13.2 Å². The van der Waals surface area contributed by atoms with Gasteiger partial charge in [0.25, 0.3) is 0 Å². The number of halogens is 3. The van der Waals surface area contributed by atoms with Crippen LogP contribution < -0.4 is 0 Å². The van der Waals surface area contributed by atoms with Gasteiger partial charge in [0.1, 0.15) is 0 Å². The largest absolute Gasteiger partial charge is 0.478 e. The third kappa shape index (κ3) is 4.57. The molecular formula is C18H13F3O2. The van der Waals surface area contributed by atoms with Crippen molar-refractivity contribution in [1.82, 2.24) is 0 Å². The third-order valence-corrected chi connectivity index (χ3v) is 3.09. The highest BCUT2D eigenvalue weighted by molar-refractivity contribution is 5.84. The zero-order valence-corrected chi connectivity index (χ0v) is 11.9. The molecule has 0 aliphatic heterocycles. The predicted octanol–water partition coefficient (Wildman–Crippen LogP) is 4.78. The molecule has 0 aliphatic rings. The first-order valence-corrected chi connectivity index (χ1v) is 6.72. The minimum absolute atomic E-state index is 0.362. The van der Waals surface area contributed by atoms with Crippen LogP contribution >= 0.6 is 0 Å². The second kappa shape index (κ2) is 6.96. The Morgan fingerprint density at radius 1 is 0.957 bits per heavy atom. The molecule has 0 fully saturated rings. The predicted molar refractivity (Wildman–Crippen MR) is 81.7 cm³/mol. The van der Waals surface area contributed by atoms with Crippen LogP contribution in [0.2, 0.25) is 0 Å². The molecule has 0 bridgehead atoms. The summed E-state index contributed by atoms with van der Waals surface area (Å²) in [5.41, 5.74) is 0.816. The molecule has 0 amide bonds. The number of allylic oxidation sites excluding steroid dienone is 2. The average Bonchev–Trinajstić information content (AvgIpc) is 2.51. The van der Waals surface area contributed by atoms with Crippen molar-refractivity contribution in [3.8, 4) is 0 Å². The van der Waals surface area contributed by atoms with Crippen LogP contribution in [0.25, 0.3) is 5.57 Å². The molecule has 2 aromatic carbocycles. The van der Waals surface area contributed by atoms with Gasteiger partial charge in [0.05, 0.1) is 5.56 Å². The van der Waals surface area contributed by atoms with Crippen molar-refractivity contribution in [2.24, 2.45) is 0 Å². The lowest BCUT2D eigenvalue weighted by Gasteiger charge is -2.11. The Bertz CT molecular complexity index is 744. The van der Waals surface area contributed by atoms with E-state index in [1.165, 1.54) is 18.2 Å². The van der Waals surface area contributed by atoms with Gasteiger partial charge >= 0.3 is 12.1 Å². The summed E-state index contributed by atoms with van der Waals surface area (Å²) in [7, 11) is 0. The molecule has 23 heavy (non-hydrogen) atoms. The van der Waals surface area contributed by atoms with Crippen molar-refractivity contribution >= 4 is 11.5 Å². The lowest BCUT2D eigenvalue weighted by Crippen LogP contribution is -2.05. The Hall–Kier alpha value is -2.82. The van der Waals surface area contributed by atoms with Gasteiger partial charge in [-0.25, -0.2) is 4.79 Å². The molecule has 0 aromatic heterocycles. The Morgan fingerprint density at radius 2 is 1.61 bits per heavy atom. The molecule has 2 aromatic rings. The highest BCUT2D eigenvalue weighted by Crippen LogP contribution is 2.32. The molecule has 1 N–H and O–H groups in total. The van der Waals surface area contributed by atoms with Gasteiger partial charge in [0, 0.05) is 6.08 Å². The number of benzene rings is 2. The summed E-state index contributed by atoms with van der Waals surface area (Å²) in [4.78, 5) is 10.6. The lowest BCUT2D eigenvalue weighted by atomic mass is 9.96. The van der Waals surface area contributed by atoms with Crippen LogP contribution in [0, 0.1) is 0 Å². The zero-order valence-electron chi connectivity index (χ0n) is 11.9. The summed E-state index contributed by atoms with van der Waals surface area (Å²) in [6.45, 7) is 0. The normalized spacial score (nSPS) is 12.6. The Labute approximate surface area is 131 Å². The van der Waals surface area contributed by atoms with Crippen LogP contribution in [-0.4, -0.2) is 11.1 Å². The fraction of sp³-hybridized carbons (Fsp3) is 0.0556. The van der Waals surface area contributed by atoms with E-state index in [0.29, 0.717) is 16.7 Å². The molecule has 0 radical (unpaired) electrons. The molecule has 2 rings (SSSR count). The lowest BCUT2D eigenvalue weighted by molar-refractivity contribution is -0.137. The molecule has 2 nitrogen and oxygen atoms in total. The molecule has 118 valence electrons. The van der Waals surface area contributed by atoms with Gasteiger partial charge in [-0.3, -0.25) is 0 Å². The molecule has 5 heteroatoms. The van der Waals surface area contributed by atoms with Crippen LogP contribution in [0.15, 0.2) is 72.8 Å². The van der Waals surface area contributed by atoms with Crippen molar-refractivity contribution in [1.29, 1.82) is 0 Å². The average molecular weight is 318 g/mol. The van der Waals surface area contributed by atoms with Crippen molar-refractivity contribution in [2.45, 2.75) is 6.18 Å². The number of hydrogen-bond donors (Lipinski definition) is 1. The first kappa shape index (κ1) is 16.5. The van der Waals surface area contributed by atoms with Gasteiger partial charge in [-0.1, -0.05) is 54.6 Å². The van der Waals surface area contributed by atoms with Gasteiger partial charge in [0.2, 0.25) is 0 Å². The standard InChI is InChI=1S/C18H13F3O2/c19-18(20,21)15-9-4-8-14(12-15)16(10-5-11-17(22)23)13-6-2-1-3-7-13/h1-12H,(H,22,23). The van der Waals surface area contributed by atoms with E-state index in [4.69, 9.17) is 5.11 Å². The number of alkyl halides is 3. The quantitative estimate of drug-likeness (QED) is 0.651. The number of carboxylic acid groups (broad SMARTS) is 1. The van der Waals surface area contributed by atoms with E-state index in [1.54, 1.807) is 36.4 Å². The van der Waals surface area contributed by atoms with Crippen LogP contribution in [0.3, 0.4) is 0 Å². The van der Waals surface area contributed by atoms with Crippen molar-refractivity contribution in [3.05, 3.63) is 89.5 Å². The van der Waals surface area contributed by atoms with Gasteiger partial charge in [-0.2, -0.15) is 13.2 Å². The van der Waals surface area contributed by atoms with Gasteiger partial charge in [-0.05, 0) is 28.8 Å². The monoisotopic (exact) mass is 318 g/mol. The minimum atomic E-state index is -4.44. The number of rotatable bonds is 4. The van der Waals surface area contributed by atoms with Crippen LogP contribution in [0.1, 0.15) is 16.7 Å². The van der Waals surface area contributed by atoms with Gasteiger partial charge < -0.3 is 5.11 Å². The van der Waals surface area contributed by atoms with E-state index < -0.39 is 17.7 Å². The maximum atomic E-state index is 12.9. The van der Waals surface area contributed by atoms with E-state index >= 15 is 0 Å². The zero-order chi connectivity index (χ0) is 16.9. The van der Waals surface area contributed by atoms with Crippen LogP contribution in [-0.2, 0) is 11.0 Å². The Kier molecular flexibility index (Phi) is 5.01. The second-order valence-electron chi connectivity index (χ2n) is 4.72. The molecule has 0 atom stereocenters. The maximum absolute atomic E-state index is 12.9. The summed E-state index contributed by atoms with van der Waals surface area (Å²) >= 11 is 0. The first-order valence-electron chi connectivity index (χ1n) is 6.72. The van der Waals surface area contributed by atoms with E-state index in [-0.39, 0.29) is 0 Å². The topological polar surface area (TPSA) is 37.3 Å². The number of carboxylic acids is 1. The fourth-order valence-corrected chi connectivity index (χ4v) is 2.07. The van der Waals surface area contributed by atoms with Gasteiger partial charge in [0.15, 0.2) is 0 Å². The van der Waals surface area contributed by atoms with Crippen LogP contribution in [0.5, 0.6) is 0 Å². The molecule has 0 aliphatic carbocycles. The smallest absolute Gasteiger partial charge is 0.416 e. The SMILES string of the molecule is O=C(O)C=CC=C(c1ccccc1)c1cccc(C(F)(F)F)c1. The number of hydrogen-bond acceptors (Lipinski definition) is 1. The maximum Gasteiger partial charge on any atom is 0.416 e. The van der Waals surface area contributed by atoms with E-state index in [2.05, 4.69) is 0 Å². The number of aliphatic carboxylic acids is 1. The summed E-state index contributed by atoms with van der Waals surface area (Å²) in [6, 6.07) is 13.8. The molecule has 0 unspecified atom stereocenters. The minimum Gasteiger partial charge on any atom is -0.478 e. The number of carbonyl (C=O) groups is 1. The van der Waals surface area contributed by atoms with E-state index in [9.17, 15) is 18.0 Å². The highest BCUT2D eigenvalue weighted by atomic mass is 19.4. The first-order chi connectivity index (χ1) is 10.9. The molecular weight excluding hydrogens is 305 g/mol.